The molecule has 0 aliphatic carbocycles. The third-order valence-corrected chi connectivity index (χ3v) is 4.51. The summed E-state index contributed by atoms with van der Waals surface area (Å²) in [5.41, 5.74) is 2.93. The van der Waals surface area contributed by atoms with E-state index in [0.717, 1.165) is 10.0 Å². The molecule has 0 saturated heterocycles. The molecule has 0 aliphatic rings. The molecule has 2 aromatic carbocycles. The predicted octanol–water partition coefficient (Wildman–Crippen LogP) is 5.16. The second-order valence-electron chi connectivity index (χ2n) is 5.21. The summed E-state index contributed by atoms with van der Waals surface area (Å²) in [5, 5.41) is 3.43. The third-order valence-electron chi connectivity index (χ3n) is 3.28. The fourth-order valence-electron chi connectivity index (χ4n) is 1.94. The first kappa shape index (κ1) is 16.1. The Morgan fingerprint density at radius 2 is 1.86 bits per heavy atom. The number of halogens is 2. The van der Waals surface area contributed by atoms with Gasteiger partial charge < -0.3 is 5.32 Å². The number of carbonyl (C=O) groups excluding carboxylic acids is 1. The van der Waals surface area contributed by atoms with Crippen LogP contribution in [0.3, 0.4) is 0 Å². The van der Waals surface area contributed by atoms with Gasteiger partial charge in [0, 0.05) is 16.6 Å². The van der Waals surface area contributed by atoms with Crippen LogP contribution in [0, 0.1) is 0 Å². The number of nitrogens with one attached hydrogen (secondary N) is 1. The van der Waals surface area contributed by atoms with Crippen LogP contribution in [-0.2, 0) is 6.54 Å². The van der Waals surface area contributed by atoms with Crippen molar-refractivity contribution < 1.29 is 4.79 Å². The Bertz CT molecular complexity index is 638. The Balaban J connectivity index is 1.98. The lowest BCUT2D eigenvalue weighted by Crippen LogP contribution is -2.22. The van der Waals surface area contributed by atoms with Crippen molar-refractivity contribution in [1.29, 1.82) is 0 Å². The Labute approximate surface area is 138 Å². The number of carbonyl (C=O) groups is 1. The predicted molar refractivity (Wildman–Crippen MR) is 90.9 cm³/mol. The number of hydrogen-bond acceptors (Lipinski definition) is 1. The average molecular weight is 367 g/mol. The second-order valence-corrected chi connectivity index (χ2v) is 6.47. The second kappa shape index (κ2) is 7.10. The monoisotopic (exact) mass is 365 g/mol. The van der Waals surface area contributed by atoms with Gasteiger partial charge in [-0.15, -0.1) is 0 Å². The van der Waals surface area contributed by atoms with E-state index < -0.39 is 0 Å². The fraction of sp³-hybridized carbons (Fsp3) is 0.235. The molecule has 0 aromatic heterocycles. The van der Waals surface area contributed by atoms with Crippen LogP contribution in [0.4, 0.5) is 0 Å². The van der Waals surface area contributed by atoms with Crippen LogP contribution >= 0.6 is 27.5 Å². The molecule has 0 atom stereocenters. The number of hydrogen-bond donors (Lipinski definition) is 1. The van der Waals surface area contributed by atoms with Gasteiger partial charge >= 0.3 is 0 Å². The zero-order chi connectivity index (χ0) is 15.4. The minimum Gasteiger partial charge on any atom is -0.348 e. The molecule has 1 N–H and O–H groups in total. The van der Waals surface area contributed by atoms with Crippen molar-refractivity contribution in [1.82, 2.24) is 5.32 Å². The van der Waals surface area contributed by atoms with Crippen LogP contribution in [0.2, 0.25) is 5.02 Å². The minimum absolute atomic E-state index is 0.127. The highest BCUT2D eigenvalue weighted by atomic mass is 79.9. The van der Waals surface area contributed by atoms with E-state index in [2.05, 4.69) is 47.2 Å². The highest BCUT2D eigenvalue weighted by molar-refractivity contribution is 9.10. The van der Waals surface area contributed by atoms with Gasteiger partial charge in [-0.2, -0.15) is 0 Å². The van der Waals surface area contributed by atoms with E-state index in [1.807, 2.05) is 12.1 Å². The van der Waals surface area contributed by atoms with Crippen LogP contribution in [-0.4, -0.2) is 5.91 Å². The normalized spacial score (nSPS) is 10.7. The first-order chi connectivity index (χ1) is 9.97. The zero-order valence-corrected chi connectivity index (χ0v) is 14.3. The molecule has 1 amide bonds. The summed E-state index contributed by atoms with van der Waals surface area (Å²) in [5.74, 6) is 0.385. The van der Waals surface area contributed by atoms with Crippen LogP contribution in [0.1, 0.15) is 41.3 Å². The Morgan fingerprint density at radius 3 is 2.43 bits per heavy atom. The van der Waals surface area contributed by atoms with E-state index in [9.17, 15) is 4.79 Å². The van der Waals surface area contributed by atoms with Gasteiger partial charge in [-0.25, -0.2) is 0 Å². The lowest BCUT2D eigenvalue weighted by Gasteiger charge is -2.09. The van der Waals surface area contributed by atoms with E-state index in [4.69, 9.17) is 11.6 Å². The van der Waals surface area contributed by atoms with Crippen molar-refractivity contribution in [2.45, 2.75) is 26.3 Å². The van der Waals surface area contributed by atoms with Gasteiger partial charge in [-0.05, 0) is 51.2 Å². The molecule has 0 unspecified atom stereocenters. The van der Waals surface area contributed by atoms with E-state index in [1.165, 1.54) is 5.56 Å². The molecule has 2 rings (SSSR count). The summed E-state index contributed by atoms with van der Waals surface area (Å²) in [4.78, 5) is 12.1. The number of benzene rings is 2. The molecule has 0 fully saturated rings. The summed E-state index contributed by atoms with van der Waals surface area (Å²) in [7, 11) is 0. The molecule has 0 aliphatic heterocycles. The quantitative estimate of drug-likeness (QED) is 0.796. The maximum Gasteiger partial charge on any atom is 0.251 e. The smallest absolute Gasteiger partial charge is 0.251 e. The molecule has 0 spiro atoms. The summed E-state index contributed by atoms with van der Waals surface area (Å²) in [6.45, 7) is 4.83. The Hall–Kier alpha value is -1.32. The maximum absolute atomic E-state index is 12.1. The van der Waals surface area contributed by atoms with E-state index in [1.54, 1.807) is 18.2 Å². The number of rotatable bonds is 4. The summed E-state index contributed by atoms with van der Waals surface area (Å²) < 4.78 is 0.782. The van der Waals surface area contributed by atoms with E-state index in [-0.39, 0.29) is 5.91 Å². The Kier molecular flexibility index (Phi) is 5.43. The average Bonchev–Trinajstić information content (AvgIpc) is 2.48. The molecule has 4 heteroatoms. The molecule has 0 radical (unpaired) electrons. The summed E-state index contributed by atoms with van der Waals surface area (Å²) in [6.07, 6.45) is 0. The van der Waals surface area contributed by atoms with Gasteiger partial charge in [0.2, 0.25) is 0 Å². The van der Waals surface area contributed by atoms with Crippen molar-refractivity contribution in [2.24, 2.45) is 0 Å². The van der Waals surface area contributed by atoms with Gasteiger partial charge in [0.1, 0.15) is 0 Å². The zero-order valence-electron chi connectivity index (χ0n) is 12.0. The molecular weight excluding hydrogens is 350 g/mol. The van der Waals surface area contributed by atoms with Crippen molar-refractivity contribution in [2.75, 3.05) is 0 Å². The molecule has 0 heterocycles. The van der Waals surface area contributed by atoms with Gasteiger partial charge in [0.05, 0.1) is 5.02 Å². The molecule has 0 saturated carbocycles. The molecule has 110 valence electrons. The molecule has 0 bridgehead atoms. The maximum atomic E-state index is 12.1. The van der Waals surface area contributed by atoms with E-state index in [0.29, 0.717) is 23.0 Å². The molecule has 21 heavy (non-hydrogen) atoms. The molecular formula is C17H17BrClNO. The lowest BCUT2D eigenvalue weighted by atomic mass is 10.0. The largest absolute Gasteiger partial charge is 0.348 e. The lowest BCUT2D eigenvalue weighted by molar-refractivity contribution is 0.0951. The molecule has 2 aromatic rings. The summed E-state index contributed by atoms with van der Waals surface area (Å²) >= 11 is 9.30. The molecule has 2 nitrogen and oxygen atoms in total. The third kappa shape index (κ3) is 4.32. The van der Waals surface area contributed by atoms with Gasteiger partial charge in [-0.3, -0.25) is 4.79 Å². The van der Waals surface area contributed by atoms with Crippen molar-refractivity contribution >= 4 is 33.4 Å². The van der Waals surface area contributed by atoms with E-state index >= 15 is 0 Å². The summed E-state index contributed by atoms with van der Waals surface area (Å²) in [6, 6.07) is 13.5. The minimum atomic E-state index is -0.127. The first-order valence-electron chi connectivity index (χ1n) is 6.79. The van der Waals surface area contributed by atoms with Crippen LogP contribution in [0.5, 0.6) is 0 Å². The van der Waals surface area contributed by atoms with Crippen LogP contribution < -0.4 is 5.32 Å². The Morgan fingerprint density at radius 1 is 1.19 bits per heavy atom. The highest BCUT2D eigenvalue weighted by Crippen LogP contribution is 2.23. The topological polar surface area (TPSA) is 29.1 Å². The van der Waals surface area contributed by atoms with Crippen molar-refractivity contribution in [3.8, 4) is 0 Å². The van der Waals surface area contributed by atoms with Crippen molar-refractivity contribution in [3.05, 3.63) is 68.7 Å². The van der Waals surface area contributed by atoms with Crippen LogP contribution in [0.15, 0.2) is 46.9 Å². The van der Waals surface area contributed by atoms with Gasteiger partial charge in [0.25, 0.3) is 5.91 Å². The van der Waals surface area contributed by atoms with Gasteiger partial charge in [0.15, 0.2) is 0 Å². The fourth-order valence-corrected chi connectivity index (χ4v) is 2.37. The first-order valence-corrected chi connectivity index (χ1v) is 7.96. The SMILES string of the molecule is CC(C)c1ccc(CNC(=O)c2ccc(Br)c(Cl)c2)cc1. The standard InChI is InChI=1S/C17H17BrClNO/c1-11(2)13-5-3-12(4-6-13)10-20-17(21)14-7-8-15(18)16(19)9-14/h3-9,11H,10H2,1-2H3,(H,20,21). The van der Waals surface area contributed by atoms with Crippen LogP contribution in [0.25, 0.3) is 0 Å². The van der Waals surface area contributed by atoms with Crippen molar-refractivity contribution in [3.63, 3.8) is 0 Å². The highest BCUT2D eigenvalue weighted by Gasteiger charge is 2.07. The number of amides is 1. The van der Waals surface area contributed by atoms with Gasteiger partial charge in [-0.1, -0.05) is 49.7 Å².